The first-order valence-electron chi connectivity index (χ1n) is 12.1. The van der Waals surface area contributed by atoms with Crippen molar-refractivity contribution in [2.75, 3.05) is 33.1 Å². The molecule has 0 bridgehead atoms. The van der Waals surface area contributed by atoms with E-state index in [4.69, 9.17) is 14.2 Å². The van der Waals surface area contributed by atoms with E-state index in [1.54, 1.807) is 36.3 Å². The number of nitrogens with zero attached hydrogens (tertiary/aromatic N) is 4. The summed E-state index contributed by atoms with van der Waals surface area (Å²) in [5, 5.41) is 8.55. The molecule has 1 saturated heterocycles. The minimum atomic E-state index is -4.54. The molecule has 4 rings (SSSR count). The third kappa shape index (κ3) is 7.02. The third-order valence-corrected chi connectivity index (χ3v) is 7.18. The van der Waals surface area contributed by atoms with Crippen LogP contribution in [0.25, 0.3) is 5.69 Å². The summed E-state index contributed by atoms with van der Waals surface area (Å²) in [7, 11) is 2.88. The second-order valence-electron chi connectivity index (χ2n) is 8.71. The van der Waals surface area contributed by atoms with Crippen LogP contribution in [0.15, 0.2) is 53.7 Å². The number of amides is 1. The minimum absolute atomic E-state index is 0.000672. The fourth-order valence-corrected chi connectivity index (χ4v) is 5.01. The lowest BCUT2D eigenvalue weighted by molar-refractivity contribution is -0.148. The molecule has 13 heteroatoms. The Labute approximate surface area is 227 Å². The fraction of sp³-hybridized carbons (Fsp3) is 0.385. The third-order valence-electron chi connectivity index (χ3n) is 6.27. The lowest BCUT2D eigenvalue weighted by Gasteiger charge is -2.30. The molecule has 0 spiro atoms. The topological polar surface area (TPSA) is 95.8 Å². The van der Waals surface area contributed by atoms with Crippen LogP contribution in [0.4, 0.5) is 13.2 Å². The smallest absolute Gasteiger partial charge is 0.416 e. The largest absolute Gasteiger partial charge is 0.497 e. The molecule has 2 aromatic carbocycles. The lowest BCUT2D eigenvalue weighted by atomic mass is 9.97. The van der Waals surface area contributed by atoms with Gasteiger partial charge in [-0.25, -0.2) is 0 Å². The maximum Gasteiger partial charge on any atom is 0.416 e. The molecule has 0 unspecified atom stereocenters. The Balaban J connectivity index is 1.51. The lowest BCUT2D eigenvalue weighted by Crippen LogP contribution is -2.41. The van der Waals surface area contributed by atoms with Crippen LogP contribution in [0, 0.1) is 5.92 Å². The van der Waals surface area contributed by atoms with E-state index in [2.05, 4.69) is 10.2 Å². The summed E-state index contributed by atoms with van der Waals surface area (Å²) in [5.41, 5.74) is -0.631. The number of likely N-dealkylation sites (tertiary alicyclic amines) is 1. The van der Waals surface area contributed by atoms with Crippen molar-refractivity contribution < 1.29 is 37.0 Å². The van der Waals surface area contributed by atoms with Gasteiger partial charge in [-0.15, -0.1) is 10.2 Å². The Kier molecular flexibility index (Phi) is 9.00. The number of methoxy groups -OCH3 is 2. The number of carbonyl (C=O) groups excluding carboxylic acids is 2. The number of benzene rings is 2. The Morgan fingerprint density at radius 2 is 1.72 bits per heavy atom. The van der Waals surface area contributed by atoms with Crippen LogP contribution < -0.4 is 9.47 Å². The fourth-order valence-electron chi connectivity index (χ4n) is 4.14. The zero-order valence-electron chi connectivity index (χ0n) is 21.3. The highest BCUT2D eigenvalue weighted by atomic mass is 32.2. The normalized spacial score (nSPS) is 14.2. The van der Waals surface area contributed by atoms with Gasteiger partial charge in [0.25, 0.3) is 0 Å². The molecule has 39 heavy (non-hydrogen) atoms. The molecule has 1 aliphatic heterocycles. The molecule has 1 aromatic heterocycles. The number of alkyl halides is 3. The molecular weight excluding hydrogens is 537 g/mol. The second kappa shape index (κ2) is 12.4. The van der Waals surface area contributed by atoms with Crippen molar-refractivity contribution in [3.63, 3.8) is 0 Å². The number of aromatic nitrogens is 3. The molecule has 3 aromatic rings. The van der Waals surface area contributed by atoms with Crippen LogP contribution in [0.3, 0.4) is 0 Å². The van der Waals surface area contributed by atoms with Crippen molar-refractivity contribution in [1.82, 2.24) is 19.7 Å². The molecule has 0 atom stereocenters. The van der Waals surface area contributed by atoms with E-state index >= 15 is 0 Å². The molecule has 2 heterocycles. The van der Waals surface area contributed by atoms with E-state index in [1.807, 2.05) is 0 Å². The standard InChI is InChI=1S/C26H27F3N4O5S/c1-36-20-6-8-21(9-7-20)38-15-22-30-31-25(33(22)19-5-3-4-18(14-19)26(27,28)29)39-16-23(34)32-12-10-17(11-13-32)24(35)37-2/h3-9,14,17H,10-13,15-16H2,1-2H3. The Hall–Kier alpha value is -3.74. The first-order chi connectivity index (χ1) is 18.7. The summed E-state index contributed by atoms with van der Waals surface area (Å²) in [6.07, 6.45) is -3.52. The van der Waals surface area contributed by atoms with E-state index in [0.717, 1.165) is 23.9 Å². The number of piperidine rings is 1. The number of halogens is 3. The monoisotopic (exact) mass is 564 g/mol. The summed E-state index contributed by atoms with van der Waals surface area (Å²) in [4.78, 5) is 26.3. The molecule has 9 nitrogen and oxygen atoms in total. The number of hydrogen-bond acceptors (Lipinski definition) is 8. The number of rotatable bonds is 9. The van der Waals surface area contributed by atoms with E-state index in [-0.39, 0.29) is 46.8 Å². The van der Waals surface area contributed by atoms with Crippen molar-refractivity contribution in [2.24, 2.45) is 5.92 Å². The molecule has 0 N–H and O–H groups in total. The molecule has 0 saturated carbocycles. The van der Waals surface area contributed by atoms with Gasteiger partial charge >= 0.3 is 12.1 Å². The average molecular weight is 565 g/mol. The quantitative estimate of drug-likeness (QED) is 0.279. The first kappa shape index (κ1) is 28.3. The number of ether oxygens (including phenoxy) is 3. The molecule has 1 aliphatic rings. The van der Waals surface area contributed by atoms with Crippen molar-refractivity contribution >= 4 is 23.6 Å². The predicted octanol–water partition coefficient (Wildman–Crippen LogP) is 4.38. The zero-order chi connectivity index (χ0) is 28.0. The highest BCUT2D eigenvalue weighted by molar-refractivity contribution is 7.99. The number of hydrogen-bond donors (Lipinski definition) is 0. The molecule has 208 valence electrons. The summed E-state index contributed by atoms with van der Waals surface area (Å²) in [6.45, 7) is 0.756. The van der Waals surface area contributed by atoms with Gasteiger partial charge in [0.15, 0.2) is 11.0 Å². The van der Waals surface area contributed by atoms with E-state index in [9.17, 15) is 22.8 Å². The first-order valence-corrected chi connectivity index (χ1v) is 13.1. The van der Waals surface area contributed by atoms with E-state index in [0.29, 0.717) is 37.4 Å². The summed E-state index contributed by atoms with van der Waals surface area (Å²) in [6, 6.07) is 11.6. The van der Waals surface area contributed by atoms with Crippen molar-refractivity contribution in [3.8, 4) is 17.2 Å². The van der Waals surface area contributed by atoms with E-state index in [1.165, 1.54) is 23.8 Å². The van der Waals surface area contributed by atoms with E-state index < -0.39 is 11.7 Å². The number of thioether (sulfide) groups is 1. The Bertz CT molecular complexity index is 1290. The maximum atomic E-state index is 13.4. The number of carbonyl (C=O) groups is 2. The molecular formula is C26H27F3N4O5S. The van der Waals surface area contributed by atoms with Gasteiger partial charge in [0, 0.05) is 13.1 Å². The van der Waals surface area contributed by atoms with Crippen LogP contribution in [-0.2, 0) is 27.1 Å². The van der Waals surface area contributed by atoms with Gasteiger partial charge in [-0.3, -0.25) is 14.2 Å². The van der Waals surface area contributed by atoms with Crippen LogP contribution in [0.1, 0.15) is 24.2 Å². The van der Waals surface area contributed by atoms with Crippen molar-refractivity contribution in [3.05, 3.63) is 59.9 Å². The molecule has 1 amide bonds. The predicted molar refractivity (Wildman–Crippen MR) is 136 cm³/mol. The Morgan fingerprint density at radius 3 is 2.36 bits per heavy atom. The van der Waals surface area contributed by atoms with Crippen LogP contribution in [0.5, 0.6) is 11.5 Å². The van der Waals surface area contributed by atoms with Gasteiger partial charge in [0.1, 0.15) is 18.1 Å². The van der Waals surface area contributed by atoms with Gasteiger partial charge < -0.3 is 19.1 Å². The second-order valence-corrected chi connectivity index (χ2v) is 9.66. The average Bonchev–Trinajstić information content (AvgIpc) is 3.37. The SMILES string of the molecule is COC(=O)C1CCN(C(=O)CSc2nnc(COc3ccc(OC)cc3)n2-c2cccc(C(F)(F)F)c2)CC1. The summed E-state index contributed by atoms with van der Waals surface area (Å²) < 4.78 is 57.5. The minimum Gasteiger partial charge on any atom is -0.497 e. The van der Waals surface area contributed by atoms with Crippen LogP contribution >= 0.6 is 11.8 Å². The summed E-state index contributed by atoms with van der Waals surface area (Å²) >= 11 is 1.07. The molecule has 1 fully saturated rings. The molecule has 0 aliphatic carbocycles. The van der Waals surface area contributed by atoms with Crippen molar-refractivity contribution in [2.45, 2.75) is 30.8 Å². The Morgan fingerprint density at radius 1 is 1.03 bits per heavy atom. The van der Waals surface area contributed by atoms with Gasteiger partial charge in [-0.05, 0) is 55.3 Å². The van der Waals surface area contributed by atoms with Crippen LogP contribution in [-0.4, -0.2) is 64.6 Å². The van der Waals surface area contributed by atoms with Crippen LogP contribution in [0.2, 0.25) is 0 Å². The molecule has 0 radical (unpaired) electrons. The van der Waals surface area contributed by atoms with Gasteiger partial charge in [-0.2, -0.15) is 13.2 Å². The number of esters is 1. The zero-order valence-corrected chi connectivity index (χ0v) is 22.1. The van der Waals surface area contributed by atoms with Gasteiger partial charge in [0.2, 0.25) is 5.91 Å². The summed E-state index contributed by atoms with van der Waals surface area (Å²) in [5.74, 6) is 0.733. The van der Waals surface area contributed by atoms with Crippen molar-refractivity contribution in [1.29, 1.82) is 0 Å². The highest BCUT2D eigenvalue weighted by Crippen LogP contribution is 2.32. The maximum absolute atomic E-state index is 13.4. The highest BCUT2D eigenvalue weighted by Gasteiger charge is 2.31. The van der Waals surface area contributed by atoms with Gasteiger partial charge in [0.05, 0.1) is 37.1 Å². The van der Waals surface area contributed by atoms with Gasteiger partial charge in [-0.1, -0.05) is 17.8 Å².